The molecule has 0 N–H and O–H groups in total. The Labute approximate surface area is 134 Å². The van der Waals surface area contributed by atoms with Gasteiger partial charge in [0, 0.05) is 18.6 Å². The van der Waals surface area contributed by atoms with Crippen molar-refractivity contribution in [3.63, 3.8) is 0 Å². The number of rotatable bonds is 11. The first-order chi connectivity index (χ1) is 9.93. The molecule has 0 aromatic carbocycles. The summed E-state index contributed by atoms with van der Waals surface area (Å²) >= 11 is 2.94. The molecule has 116 valence electrons. The van der Waals surface area contributed by atoms with E-state index in [9.17, 15) is 0 Å². The van der Waals surface area contributed by atoms with Crippen LogP contribution in [0.1, 0.15) is 71.1 Å². The van der Waals surface area contributed by atoms with Crippen molar-refractivity contribution >= 4 is 15.9 Å². The molecule has 0 unspecified atom stereocenters. The van der Waals surface area contributed by atoms with Gasteiger partial charge in [-0.2, -0.15) is 0 Å². The molecule has 0 radical (unpaired) electrons. The predicted molar refractivity (Wildman–Crippen MR) is 93.3 cm³/mol. The first kappa shape index (κ1) is 19.6. The Kier molecular flexibility index (Phi) is 16.4. The Morgan fingerprint density at radius 3 is 1.60 bits per heavy atom. The van der Waals surface area contributed by atoms with Gasteiger partial charge in [-0.3, -0.25) is 0 Å². The molecule has 0 amide bonds. The second kappa shape index (κ2) is 16.7. The fourth-order valence-electron chi connectivity index (χ4n) is 2.37. The Hall–Kier alpha value is -0.370. The van der Waals surface area contributed by atoms with Gasteiger partial charge < -0.3 is 0 Å². The van der Waals surface area contributed by atoms with Crippen molar-refractivity contribution in [3.05, 3.63) is 30.6 Å². The molecule has 0 aliphatic carbocycles. The molecule has 0 bridgehead atoms. The summed E-state index contributed by atoms with van der Waals surface area (Å²) in [6, 6.07) is 6.29. The molecule has 0 fully saturated rings. The third kappa shape index (κ3) is 12.7. The zero-order chi connectivity index (χ0) is 14.9. The molecule has 0 aliphatic heterocycles. The van der Waals surface area contributed by atoms with Crippen molar-refractivity contribution in [2.75, 3.05) is 5.83 Å². The smallest absolute Gasteiger partial charge is 0.168 e. The standard InChI is InChI=1S/C17H30N.CH3Br/c1-2-3-4-5-6-7-8-9-10-12-15-18-16-13-11-14-17-18;1-2/h11,13-14,16-17H,2-10,12,15H2,1H3;1H3/q+1;. The number of hydrogen-bond acceptors (Lipinski definition) is 0. The lowest BCUT2D eigenvalue weighted by Crippen LogP contribution is -2.32. The van der Waals surface area contributed by atoms with Gasteiger partial charge in [0.15, 0.2) is 12.4 Å². The largest absolute Gasteiger partial charge is 0.205 e. The van der Waals surface area contributed by atoms with E-state index in [0.29, 0.717) is 0 Å². The molecule has 0 spiro atoms. The van der Waals surface area contributed by atoms with Crippen molar-refractivity contribution in [2.45, 2.75) is 77.7 Å². The molecule has 20 heavy (non-hydrogen) atoms. The van der Waals surface area contributed by atoms with Crippen LogP contribution in [0, 0.1) is 0 Å². The lowest BCUT2D eigenvalue weighted by Gasteiger charge is -2.01. The maximum Gasteiger partial charge on any atom is 0.168 e. The summed E-state index contributed by atoms with van der Waals surface area (Å²) in [6.45, 7) is 3.46. The van der Waals surface area contributed by atoms with Crippen LogP contribution in [0.25, 0.3) is 0 Å². The Bertz CT molecular complexity index is 274. The highest BCUT2D eigenvalue weighted by atomic mass is 79.9. The Balaban J connectivity index is 0.00000172. The van der Waals surface area contributed by atoms with Crippen LogP contribution in [0.4, 0.5) is 0 Å². The summed E-state index contributed by atoms with van der Waals surface area (Å²) in [5.41, 5.74) is 0. The molecule has 2 heteroatoms. The zero-order valence-electron chi connectivity index (χ0n) is 13.5. The van der Waals surface area contributed by atoms with Crippen molar-refractivity contribution in [1.82, 2.24) is 0 Å². The average Bonchev–Trinajstić information content (AvgIpc) is 2.52. The molecule has 1 rings (SSSR count). The Morgan fingerprint density at radius 2 is 1.10 bits per heavy atom. The minimum Gasteiger partial charge on any atom is -0.205 e. The second-order valence-electron chi connectivity index (χ2n) is 5.30. The first-order valence-electron chi connectivity index (χ1n) is 8.25. The van der Waals surface area contributed by atoms with Gasteiger partial charge in [0.1, 0.15) is 6.54 Å². The van der Waals surface area contributed by atoms with E-state index in [1.807, 2.05) is 5.83 Å². The van der Waals surface area contributed by atoms with Gasteiger partial charge in [-0.1, -0.05) is 80.3 Å². The van der Waals surface area contributed by atoms with Crippen molar-refractivity contribution in [1.29, 1.82) is 0 Å². The summed E-state index contributed by atoms with van der Waals surface area (Å²) in [6.07, 6.45) is 18.5. The number of nitrogens with zero attached hydrogens (tertiary/aromatic N) is 1. The van der Waals surface area contributed by atoms with E-state index in [2.05, 4.69) is 58.0 Å². The van der Waals surface area contributed by atoms with E-state index in [4.69, 9.17) is 0 Å². The normalized spacial score (nSPS) is 9.95. The molecule has 1 aromatic heterocycles. The van der Waals surface area contributed by atoms with E-state index < -0.39 is 0 Å². The van der Waals surface area contributed by atoms with E-state index in [1.165, 1.54) is 70.8 Å². The first-order valence-corrected chi connectivity index (χ1v) is 9.84. The summed E-state index contributed by atoms with van der Waals surface area (Å²) in [7, 11) is 0. The van der Waals surface area contributed by atoms with E-state index >= 15 is 0 Å². The van der Waals surface area contributed by atoms with Gasteiger partial charge in [0.25, 0.3) is 0 Å². The quantitative estimate of drug-likeness (QED) is 0.267. The molecule has 0 saturated carbocycles. The molecular formula is C18H33BrN+. The number of hydrogen-bond donors (Lipinski definition) is 0. The average molecular weight is 343 g/mol. The number of aryl methyl sites for hydroxylation is 1. The molecule has 0 atom stereocenters. The number of unbranched alkanes of at least 4 members (excludes halogenated alkanes) is 9. The molecule has 1 nitrogen and oxygen atoms in total. The maximum absolute atomic E-state index is 2.94. The predicted octanol–water partition coefficient (Wildman–Crippen LogP) is 5.91. The minimum absolute atomic E-state index is 1.18. The van der Waals surface area contributed by atoms with Gasteiger partial charge >= 0.3 is 0 Å². The second-order valence-corrected chi connectivity index (χ2v) is 5.30. The highest BCUT2D eigenvalue weighted by Gasteiger charge is 1.97. The van der Waals surface area contributed by atoms with Crippen molar-refractivity contribution in [2.24, 2.45) is 0 Å². The van der Waals surface area contributed by atoms with Crippen molar-refractivity contribution in [3.8, 4) is 0 Å². The highest BCUT2D eigenvalue weighted by molar-refractivity contribution is 9.08. The van der Waals surface area contributed by atoms with Gasteiger partial charge in [-0.15, -0.1) is 0 Å². The van der Waals surface area contributed by atoms with E-state index in [-0.39, 0.29) is 0 Å². The van der Waals surface area contributed by atoms with E-state index in [0.717, 1.165) is 0 Å². The molecular weight excluding hydrogens is 310 g/mol. The SMILES string of the molecule is CBr.CCCCCCCCCCCC[n+]1ccccc1. The molecule has 0 saturated heterocycles. The molecule has 0 aliphatic rings. The lowest BCUT2D eigenvalue weighted by atomic mass is 10.1. The van der Waals surface area contributed by atoms with Crippen LogP contribution < -0.4 is 4.57 Å². The number of pyridine rings is 1. The lowest BCUT2D eigenvalue weighted by molar-refractivity contribution is -0.697. The third-order valence-corrected chi connectivity index (χ3v) is 3.55. The van der Waals surface area contributed by atoms with Crippen LogP contribution in [0.2, 0.25) is 0 Å². The van der Waals surface area contributed by atoms with Crippen molar-refractivity contribution < 1.29 is 4.57 Å². The summed E-state index contributed by atoms with van der Waals surface area (Å²) in [5, 5.41) is 0. The van der Waals surface area contributed by atoms with E-state index in [1.54, 1.807) is 0 Å². The van der Waals surface area contributed by atoms with Crippen LogP contribution in [-0.2, 0) is 6.54 Å². The van der Waals surface area contributed by atoms with Crippen LogP contribution in [0.3, 0.4) is 0 Å². The van der Waals surface area contributed by atoms with Gasteiger partial charge in [-0.05, 0) is 12.3 Å². The van der Waals surface area contributed by atoms with Gasteiger partial charge in [0.2, 0.25) is 0 Å². The molecule has 1 heterocycles. The Morgan fingerprint density at radius 1 is 0.650 bits per heavy atom. The zero-order valence-corrected chi connectivity index (χ0v) is 15.1. The fourth-order valence-corrected chi connectivity index (χ4v) is 2.37. The van der Waals surface area contributed by atoms with Crippen LogP contribution in [0.5, 0.6) is 0 Å². The molecule has 1 aromatic rings. The van der Waals surface area contributed by atoms with Crippen LogP contribution in [0.15, 0.2) is 30.6 Å². The van der Waals surface area contributed by atoms with Crippen LogP contribution in [-0.4, -0.2) is 5.83 Å². The minimum atomic E-state index is 1.18. The van der Waals surface area contributed by atoms with Crippen LogP contribution >= 0.6 is 15.9 Å². The fraction of sp³-hybridized carbons (Fsp3) is 0.722. The number of aromatic nitrogens is 1. The maximum atomic E-state index is 2.94. The van der Waals surface area contributed by atoms with Gasteiger partial charge in [-0.25, -0.2) is 4.57 Å². The summed E-state index contributed by atoms with van der Waals surface area (Å²) in [4.78, 5) is 0. The summed E-state index contributed by atoms with van der Waals surface area (Å²) < 4.78 is 2.28. The van der Waals surface area contributed by atoms with Gasteiger partial charge in [0.05, 0.1) is 0 Å². The topological polar surface area (TPSA) is 3.88 Å². The summed E-state index contributed by atoms with van der Waals surface area (Å²) in [5.74, 6) is 1.81. The number of alkyl halides is 1. The third-order valence-electron chi connectivity index (χ3n) is 3.55. The number of halogens is 1. The monoisotopic (exact) mass is 342 g/mol. The highest BCUT2D eigenvalue weighted by Crippen LogP contribution is 2.10.